The van der Waals surface area contributed by atoms with Crippen molar-refractivity contribution in [1.82, 2.24) is 15.3 Å². The van der Waals surface area contributed by atoms with Crippen LogP contribution in [0.5, 0.6) is 0 Å². The van der Waals surface area contributed by atoms with Crippen molar-refractivity contribution in [2.45, 2.75) is 32.7 Å². The number of hydrogen-bond donors (Lipinski definition) is 3. The zero-order valence-electron chi connectivity index (χ0n) is 15.6. The minimum atomic E-state index is -0.524. The van der Waals surface area contributed by atoms with Crippen LogP contribution in [0.3, 0.4) is 0 Å². The zero-order chi connectivity index (χ0) is 19.6. The lowest BCUT2D eigenvalue weighted by Gasteiger charge is -2.35. The van der Waals surface area contributed by atoms with Crippen LogP contribution < -0.4 is 21.7 Å². The molecule has 9 heteroatoms. The van der Waals surface area contributed by atoms with Gasteiger partial charge in [-0.05, 0) is 25.5 Å². The van der Waals surface area contributed by atoms with Crippen molar-refractivity contribution in [3.8, 4) is 11.4 Å². The number of rotatable bonds is 5. The van der Waals surface area contributed by atoms with Crippen LogP contribution in [0.15, 0.2) is 18.2 Å². The van der Waals surface area contributed by atoms with Crippen molar-refractivity contribution in [3.05, 3.63) is 34.0 Å². The molecule has 1 aromatic carbocycles. The predicted molar refractivity (Wildman–Crippen MR) is 107 cm³/mol. The number of aryl methyl sites for hydroxylation is 1. The quantitative estimate of drug-likeness (QED) is 0.412. The number of anilines is 3. The monoisotopic (exact) mass is 371 g/mol. The Morgan fingerprint density at radius 2 is 2.07 bits per heavy atom. The van der Waals surface area contributed by atoms with Crippen molar-refractivity contribution in [3.63, 3.8) is 0 Å². The summed E-state index contributed by atoms with van der Waals surface area (Å²) in [5.41, 5.74) is 13.0. The summed E-state index contributed by atoms with van der Waals surface area (Å²) in [6.07, 6.45) is 1.65. The highest BCUT2D eigenvalue weighted by atomic mass is 16.6. The summed E-state index contributed by atoms with van der Waals surface area (Å²) in [5.74, 6) is 1.01. The molecule has 1 saturated heterocycles. The van der Waals surface area contributed by atoms with E-state index >= 15 is 0 Å². The molecule has 9 nitrogen and oxygen atoms in total. The Morgan fingerprint density at radius 1 is 1.33 bits per heavy atom. The first-order valence-electron chi connectivity index (χ1n) is 9.10. The molecule has 0 saturated carbocycles. The second-order valence-corrected chi connectivity index (χ2v) is 6.76. The van der Waals surface area contributed by atoms with Gasteiger partial charge in [-0.25, -0.2) is 9.97 Å². The molecule has 1 aliphatic rings. The van der Waals surface area contributed by atoms with Crippen molar-refractivity contribution < 1.29 is 4.92 Å². The molecule has 3 rings (SSSR count). The molecule has 0 bridgehead atoms. The van der Waals surface area contributed by atoms with Gasteiger partial charge in [0, 0.05) is 43.1 Å². The van der Waals surface area contributed by atoms with E-state index in [4.69, 9.17) is 11.5 Å². The Morgan fingerprint density at radius 3 is 2.74 bits per heavy atom. The molecule has 0 radical (unpaired) electrons. The highest BCUT2D eigenvalue weighted by molar-refractivity contribution is 5.87. The fourth-order valence-corrected chi connectivity index (χ4v) is 3.36. The molecule has 1 aliphatic heterocycles. The topological polar surface area (TPSA) is 136 Å². The van der Waals surface area contributed by atoms with E-state index in [0.29, 0.717) is 0 Å². The van der Waals surface area contributed by atoms with E-state index in [1.165, 1.54) is 6.07 Å². The second kappa shape index (κ2) is 7.75. The summed E-state index contributed by atoms with van der Waals surface area (Å²) < 4.78 is 0. The van der Waals surface area contributed by atoms with Crippen LogP contribution in [-0.2, 0) is 6.42 Å². The van der Waals surface area contributed by atoms with E-state index in [1.54, 1.807) is 6.07 Å². The number of piperazine rings is 1. The lowest BCUT2D eigenvalue weighted by molar-refractivity contribution is -0.383. The largest absolute Gasteiger partial charge is 0.398 e. The van der Waals surface area contributed by atoms with Gasteiger partial charge >= 0.3 is 5.69 Å². The first-order valence-corrected chi connectivity index (χ1v) is 9.10. The van der Waals surface area contributed by atoms with Gasteiger partial charge in [-0.3, -0.25) is 10.1 Å². The predicted octanol–water partition coefficient (Wildman–Crippen LogP) is 1.97. The number of nitro benzene ring substituents is 1. The fraction of sp³-hybridized carbons (Fsp3) is 0.444. The van der Waals surface area contributed by atoms with Crippen LogP contribution in [0, 0.1) is 10.1 Å². The number of nitrogens with zero attached hydrogens (tertiary/aromatic N) is 4. The highest BCUT2D eigenvalue weighted by Crippen LogP contribution is 2.38. The number of nitrogens with two attached hydrogens (primary N) is 2. The molecule has 0 aliphatic carbocycles. The average Bonchev–Trinajstić information content (AvgIpc) is 2.63. The summed E-state index contributed by atoms with van der Waals surface area (Å²) in [5, 5.41) is 15.0. The van der Waals surface area contributed by atoms with Crippen molar-refractivity contribution >= 4 is 22.9 Å². The van der Waals surface area contributed by atoms with Crippen LogP contribution in [-0.4, -0.2) is 40.6 Å². The van der Waals surface area contributed by atoms with E-state index < -0.39 is 4.92 Å². The molecular formula is C18H25N7O2. The van der Waals surface area contributed by atoms with Crippen LogP contribution in [0.4, 0.5) is 22.9 Å². The van der Waals surface area contributed by atoms with Gasteiger partial charge in [0.1, 0.15) is 17.1 Å². The van der Waals surface area contributed by atoms with E-state index in [0.717, 1.165) is 44.0 Å². The molecule has 2 aromatic rings. The molecule has 1 unspecified atom stereocenters. The molecule has 144 valence electrons. The van der Waals surface area contributed by atoms with Gasteiger partial charge in [0.15, 0.2) is 5.82 Å². The molecule has 5 N–H and O–H groups in total. The van der Waals surface area contributed by atoms with Gasteiger partial charge in [0.05, 0.1) is 4.92 Å². The van der Waals surface area contributed by atoms with E-state index in [2.05, 4.69) is 34.0 Å². The Bertz CT molecular complexity index is 856. The summed E-state index contributed by atoms with van der Waals surface area (Å²) in [4.78, 5) is 22.5. The van der Waals surface area contributed by atoms with Crippen molar-refractivity contribution in [2.24, 2.45) is 0 Å². The third-order valence-corrected chi connectivity index (χ3v) is 4.71. The van der Waals surface area contributed by atoms with E-state index in [1.807, 2.05) is 6.07 Å². The van der Waals surface area contributed by atoms with Gasteiger partial charge in [0.25, 0.3) is 0 Å². The number of benzene rings is 1. The molecule has 0 spiro atoms. The summed E-state index contributed by atoms with van der Waals surface area (Å²) in [7, 11) is 0. The van der Waals surface area contributed by atoms with Crippen LogP contribution in [0.1, 0.15) is 26.0 Å². The minimum Gasteiger partial charge on any atom is -0.398 e. The third-order valence-electron chi connectivity index (χ3n) is 4.71. The molecule has 27 heavy (non-hydrogen) atoms. The molecule has 1 aromatic heterocycles. The number of nitro groups is 1. The molecule has 0 amide bonds. The third kappa shape index (κ3) is 3.77. The van der Waals surface area contributed by atoms with E-state index in [9.17, 15) is 10.1 Å². The second-order valence-electron chi connectivity index (χ2n) is 6.76. The van der Waals surface area contributed by atoms with Crippen LogP contribution in [0.2, 0.25) is 0 Å². The normalized spacial score (nSPS) is 17.1. The Kier molecular flexibility index (Phi) is 5.41. The first-order chi connectivity index (χ1) is 12.9. The Balaban J connectivity index is 2.19. The van der Waals surface area contributed by atoms with Gasteiger partial charge in [0.2, 0.25) is 0 Å². The van der Waals surface area contributed by atoms with Crippen LogP contribution >= 0.6 is 0 Å². The number of nitrogen functional groups attached to an aromatic ring is 2. The van der Waals surface area contributed by atoms with Gasteiger partial charge in [-0.1, -0.05) is 13.3 Å². The standard InChI is InChI=1S/C18H25N7O2/c1-3-4-12-9-15(24-8-7-21-10-11(24)2)23-18(22-12)16-13(19)5-6-14(20)17(16)25(26)27/h5-6,9,11,21H,3-4,7-8,10,19-20H2,1-2H3. The molecular weight excluding hydrogens is 346 g/mol. The lowest BCUT2D eigenvalue weighted by Crippen LogP contribution is -2.50. The van der Waals surface area contributed by atoms with Crippen molar-refractivity contribution in [2.75, 3.05) is 36.0 Å². The van der Waals surface area contributed by atoms with Crippen LogP contribution in [0.25, 0.3) is 11.4 Å². The Labute approximate surface area is 157 Å². The summed E-state index contributed by atoms with van der Waals surface area (Å²) >= 11 is 0. The first kappa shape index (κ1) is 18.8. The fourth-order valence-electron chi connectivity index (χ4n) is 3.36. The highest BCUT2D eigenvalue weighted by Gasteiger charge is 2.27. The number of hydrogen-bond acceptors (Lipinski definition) is 8. The maximum Gasteiger partial charge on any atom is 0.305 e. The van der Waals surface area contributed by atoms with E-state index in [-0.39, 0.29) is 34.5 Å². The van der Waals surface area contributed by atoms with Gasteiger partial charge in [-0.2, -0.15) is 0 Å². The Hall–Kier alpha value is -2.94. The lowest BCUT2D eigenvalue weighted by atomic mass is 10.1. The number of aromatic nitrogens is 2. The zero-order valence-corrected chi connectivity index (χ0v) is 15.6. The maximum absolute atomic E-state index is 11.6. The minimum absolute atomic E-state index is 0.0470. The number of nitrogens with one attached hydrogen (secondary N) is 1. The molecule has 1 atom stereocenters. The maximum atomic E-state index is 11.6. The average molecular weight is 371 g/mol. The molecule has 2 heterocycles. The van der Waals surface area contributed by atoms with Crippen molar-refractivity contribution in [1.29, 1.82) is 0 Å². The SMILES string of the molecule is CCCc1cc(N2CCNCC2C)nc(-c2c(N)ccc(N)c2[N+](=O)[O-])n1. The molecule has 1 fully saturated rings. The van der Waals surface area contributed by atoms with Gasteiger partial charge < -0.3 is 21.7 Å². The smallest absolute Gasteiger partial charge is 0.305 e. The summed E-state index contributed by atoms with van der Waals surface area (Å²) in [6.45, 7) is 6.69. The van der Waals surface area contributed by atoms with Gasteiger partial charge in [-0.15, -0.1) is 0 Å². The summed E-state index contributed by atoms with van der Waals surface area (Å²) in [6, 6.07) is 5.21.